The quantitative estimate of drug-likeness (QED) is 0.359. The molecule has 2 aliphatic heterocycles. The van der Waals surface area contributed by atoms with Gasteiger partial charge in [-0.05, 0) is 88.1 Å². The predicted molar refractivity (Wildman–Crippen MR) is 175 cm³/mol. The summed E-state index contributed by atoms with van der Waals surface area (Å²) in [4.78, 5) is 16.3. The molecule has 7 heteroatoms. The van der Waals surface area contributed by atoms with Gasteiger partial charge < -0.3 is 20.4 Å². The normalized spacial score (nSPS) is 16.3. The second-order valence-electron chi connectivity index (χ2n) is 11.7. The van der Waals surface area contributed by atoms with Crippen LogP contribution in [0.1, 0.15) is 79.3 Å². The van der Waals surface area contributed by atoms with Crippen molar-refractivity contribution in [2.24, 2.45) is 0 Å². The maximum Gasteiger partial charge on any atom is 1.00 e. The molecule has 3 aromatic carbocycles. The maximum absolute atomic E-state index is 13.6. The Kier molecular flexibility index (Phi) is 15.6. The summed E-state index contributed by atoms with van der Waals surface area (Å²) in [5.41, 5.74) is 6.03. The van der Waals surface area contributed by atoms with E-state index in [1.165, 1.54) is 81.0 Å². The van der Waals surface area contributed by atoms with E-state index in [0.29, 0.717) is 0 Å². The van der Waals surface area contributed by atoms with Gasteiger partial charge in [0.1, 0.15) is 5.82 Å². The van der Waals surface area contributed by atoms with Crippen LogP contribution in [0.15, 0.2) is 66.7 Å². The first kappa shape index (κ1) is 35.6. The van der Waals surface area contributed by atoms with Crippen LogP contribution >= 0.6 is 0 Å². The molecule has 3 fully saturated rings. The standard InChI is InChI=1S/C13H16FNO.C12H17N2.C11H15N.K/c1-10-6-5-7-11(14)12(10)13(16)15-8-3-2-4-9-15;1-10-5-6-11(13-2)9-12(10)14-7-3-4-8-14;1-2-6-10(7-3-1)12-11-8-4-5-9-11;/h5-7H,2-4,8-9H2,1H3;5-6,9H,3-4,7-8H2,1-2H3;1-3,6-7,11-12H,4-5,8-9H2;/q;-1;;+1. The van der Waals surface area contributed by atoms with E-state index in [2.05, 4.69) is 71.0 Å². The van der Waals surface area contributed by atoms with Crippen molar-refractivity contribution in [1.82, 2.24) is 4.90 Å². The van der Waals surface area contributed by atoms with Gasteiger partial charge in [0.25, 0.3) is 5.91 Å². The first-order chi connectivity index (χ1) is 20.5. The number of anilines is 2. The number of nitrogens with zero attached hydrogens (tertiary/aromatic N) is 3. The zero-order valence-corrected chi connectivity index (χ0v) is 29.9. The molecule has 2 heterocycles. The zero-order chi connectivity index (χ0) is 29.7. The Labute approximate surface area is 301 Å². The van der Waals surface area contributed by atoms with Crippen LogP contribution in [-0.2, 0) is 0 Å². The van der Waals surface area contributed by atoms with E-state index in [1.807, 2.05) is 7.05 Å². The van der Waals surface area contributed by atoms with Gasteiger partial charge in [-0.1, -0.05) is 61.4 Å². The van der Waals surface area contributed by atoms with Gasteiger partial charge in [0.15, 0.2) is 0 Å². The second kappa shape index (κ2) is 18.8. The molecule has 0 atom stereocenters. The van der Waals surface area contributed by atoms with Gasteiger partial charge in [-0.25, -0.2) is 4.39 Å². The first-order valence-electron chi connectivity index (χ1n) is 15.8. The van der Waals surface area contributed by atoms with Crippen LogP contribution in [0, 0.1) is 19.7 Å². The Balaban J connectivity index is 0.000000176. The molecular formula is C36H48FKN4O. The summed E-state index contributed by atoms with van der Waals surface area (Å²) in [5, 5.41) is 7.76. The first-order valence-corrected chi connectivity index (χ1v) is 15.8. The number of halogens is 1. The van der Waals surface area contributed by atoms with E-state index in [0.717, 1.165) is 43.2 Å². The molecule has 6 rings (SSSR count). The number of likely N-dealkylation sites (tertiary alicyclic amines) is 1. The SMILES string of the molecule is C[N-]c1ccc(C)c(N2CCCC2)c1.Cc1cccc(F)c1C(=O)N1CCCCC1.[K+].c1ccc(NC2CCCC2)cc1. The monoisotopic (exact) mass is 610 g/mol. The van der Waals surface area contributed by atoms with Crippen LogP contribution in [-0.4, -0.2) is 50.1 Å². The smallest absolute Gasteiger partial charge is 0.687 e. The van der Waals surface area contributed by atoms with Crippen molar-refractivity contribution >= 4 is 23.0 Å². The fourth-order valence-electron chi connectivity index (χ4n) is 6.03. The summed E-state index contributed by atoms with van der Waals surface area (Å²) in [6.07, 6.45) is 11.3. The van der Waals surface area contributed by atoms with Crippen LogP contribution in [0.2, 0.25) is 0 Å². The maximum atomic E-state index is 13.6. The van der Waals surface area contributed by atoms with E-state index in [4.69, 9.17) is 0 Å². The third-order valence-corrected chi connectivity index (χ3v) is 8.48. The van der Waals surface area contributed by atoms with Gasteiger partial charge in [-0.3, -0.25) is 4.79 Å². The summed E-state index contributed by atoms with van der Waals surface area (Å²) in [6, 6.07) is 22.4. The van der Waals surface area contributed by atoms with Crippen molar-refractivity contribution in [3.8, 4) is 0 Å². The molecule has 226 valence electrons. The molecule has 0 unspecified atom stereocenters. The number of rotatable bonds is 5. The fraction of sp³-hybridized carbons (Fsp3) is 0.472. The third kappa shape index (κ3) is 10.9. The Bertz CT molecular complexity index is 1230. The van der Waals surface area contributed by atoms with Crippen molar-refractivity contribution in [3.63, 3.8) is 0 Å². The van der Waals surface area contributed by atoms with Crippen molar-refractivity contribution in [2.45, 2.75) is 77.7 Å². The van der Waals surface area contributed by atoms with Crippen LogP contribution in [0.5, 0.6) is 0 Å². The Morgan fingerprint density at radius 3 is 2.07 bits per heavy atom. The minimum absolute atomic E-state index is 0. The number of carbonyl (C=O) groups is 1. The Morgan fingerprint density at radius 2 is 1.44 bits per heavy atom. The molecule has 0 aromatic heterocycles. The zero-order valence-electron chi connectivity index (χ0n) is 26.7. The van der Waals surface area contributed by atoms with Gasteiger partial charge in [-0.15, -0.1) is 12.7 Å². The molecule has 1 amide bonds. The van der Waals surface area contributed by atoms with Crippen molar-refractivity contribution in [1.29, 1.82) is 0 Å². The third-order valence-electron chi connectivity index (χ3n) is 8.48. The number of piperidine rings is 1. The predicted octanol–water partition coefficient (Wildman–Crippen LogP) is 6.04. The number of hydrogen-bond donors (Lipinski definition) is 1. The molecule has 0 radical (unpaired) electrons. The molecule has 0 bridgehead atoms. The van der Waals surface area contributed by atoms with E-state index >= 15 is 0 Å². The average Bonchev–Trinajstić information content (AvgIpc) is 3.74. The summed E-state index contributed by atoms with van der Waals surface area (Å²) in [6.45, 7) is 7.87. The van der Waals surface area contributed by atoms with Gasteiger partial charge >= 0.3 is 51.4 Å². The number of nitrogens with one attached hydrogen (secondary N) is 1. The Hall–Kier alpha value is -1.90. The molecule has 3 aliphatic rings. The van der Waals surface area contributed by atoms with E-state index in [-0.39, 0.29) is 62.9 Å². The van der Waals surface area contributed by atoms with E-state index < -0.39 is 5.82 Å². The summed E-state index contributed by atoms with van der Waals surface area (Å²) in [5.74, 6) is -0.564. The number of hydrogen-bond acceptors (Lipinski definition) is 3. The summed E-state index contributed by atoms with van der Waals surface area (Å²) in [7, 11) is 1.85. The van der Waals surface area contributed by atoms with Crippen LogP contribution in [0.25, 0.3) is 5.32 Å². The molecule has 5 nitrogen and oxygen atoms in total. The second-order valence-corrected chi connectivity index (χ2v) is 11.7. The molecule has 1 aliphatic carbocycles. The van der Waals surface area contributed by atoms with E-state index in [1.54, 1.807) is 24.0 Å². The Morgan fingerprint density at radius 1 is 0.791 bits per heavy atom. The number of para-hydroxylation sites is 1. The number of benzene rings is 3. The van der Waals surface area contributed by atoms with Crippen molar-refractivity contribution in [3.05, 3.63) is 94.6 Å². The minimum atomic E-state index is -0.407. The number of aryl methyl sites for hydroxylation is 2. The summed E-state index contributed by atoms with van der Waals surface area (Å²) < 4.78 is 13.6. The van der Waals surface area contributed by atoms with Crippen LogP contribution in [0.4, 0.5) is 21.5 Å². The fourth-order valence-corrected chi connectivity index (χ4v) is 6.03. The molecule has 43 heavy (non-hydrogen) atoms. The van der Waals surface area contributed by atoms with Crippen molar-refractivity contribution < 1.29 is 60.6 Å². The molecular weight excluding hydrogens is 563 g/mol. The molecule has 1 N–H and O–H groups in total. The topological polar surface area (TPSA) is 49.7 Å². The van der Waals surface area contributed by atoms with Crippen LogP contribution in [0.3, 0.4) is 0 Å². The van der Waals surface area contributed by atoms with Gasteiger partial charge in [0.2, 0.25) is 0 Å². The van der Waals surface area contributed by atoms with Gasteiger partial charge in [-0.2, -0.15) is 0 Å². The van der Waals surface area contributed by atoms with Crippen molar-refractivity contribution in [2.75, 3.05) is 43.4 Å². The number of carbonyl (C=O) groups excluding carboxylic acids is 1. The average molecular weight is 611 g/mol. The molecule has 2 saturated heterocycles. The van der Waals surface area contributed by atoms with Gasteiger partial charge in [0.05, 0.1) is 5.56 Å². The van der Waals surface area contributed by atoms with Crippen LogP contribution < -0.4 is 61.6 Å². The molecule has 3 aromatic rings. The summed E-state index contributed by atoms with van der Waals surface area (Å²) >= 11 is 0. The molecule has 0 spiro atoms. The minimum Gasteiger partial charge on any atom is -0.687 e. The number of amides is 1. The van der Waals surface area contributed by atoms with E-state index in [9.17, 15) is 9.18 Å². The largest absolute Gasteiger partial charge is 1.00 e. The van der Waals surface area contributed by atoms with Gasteiger partial charge in [0, 0.05) is 43.6 Å². The molecule has 1 saturated carbocycles.